The van der Waals surface area contributed by atoms with Gasteiger partial charge >= 0.3 is 0 Å². The van der Waals surface area contributed by atoms with Crippen LogP contribution in [0.25, 0.3) is 11.1 Å². The summed E-state index contributed by atoms with van der Waals surface area (Å²) in [5, 5.41) is 3.06. The summed E-state index contributed by atoms with van der Waals surface area (Å²) >= 11 is 7.07. The van der Waals surface area contributed by atoms with E-state index in [0.29, 0.717) is 11.3 Å². The Morgan fingerprint density at radius 2 is 1.56 bits per heavy atom. The number of hydrogen-bond acceptors (Lipinski definition) is 2. The van der Waals surface area contributed by atoms with Crippen LogP contribution in [0.2, 0.25) is 0 Å². The summed E-state index contributed by atoms with van der Waals surface area (Å²) < 4.78 is 1.61. The van der Waals surface area contributed by atoms with E-state index in [9.17, 15) is 4.79 Å². The number of rotatable bonds is 4. The van der Waals surface area contributed by atoms with Gasteiger partial charge in [0.15, 0.2) is 0 Å². The maximum atomic E-state index is 12.8. The molecule has 0 heterocycles. The van der Waals surface area contributed by atoms with E-state index in [0.717, 1.165) is 43.3 Å². The summed E-state index contributed by atoms with van der Waals surface area (Å²) in [7, 11) is 0. The van der Waals surface area contributed by atoms with Crippen molar-refractivity contribution in [3.63, 3.8) is 0 Å². The Labute approximate surface area is 176 Å². The van der Waals surface area contributed by atoms with Crippen molar-refractivity contribution < 1.29 is 4.79 Å². The third-order valence-corrected chi connectivity index (χ3v) is 6.52. The molecule has 0 aromatic heterocycles. The molecule has 0 saturated heterocycles. The van der Waals surface area contributed by atoms with E-state index in [1.807, 2.05) is 56.3 Å². The molecule has 3 aromatic rings. The van der Waals surface area contributed by atoms with Gasteiger partial charge in [-0.2, -0.15) is 0 Å². The molecule has 3 N–H and O–H groups in total. The molecule has 3 aromatic carbocycles. The number of nitrogens with two attached hydrogens (primary N) is 1. The Hall–Kier alpha value is -2.11. The molecule has 0 aliphatic carbocycles. The van der Waals surface area contributed by atoms with Crippen LogP contribution in [0.4, 0.5) is 11.4 Å². The molecule has 0 unspecified atom stereocenters. The lowest BCUT2D eigenvalue weighted by Crippen LogP contribution is -2.15. The van der Waals surface area contributed by atoms with E-state index in [1.54, 1.807) is 0 Å². The van der Waals surface area contributed by atoms with Crippen molar-refractivity contribution >= 4 is 49.1 Å². The van der Waals surface area contributed by atoms with Gasteiger partial charge in [0.2, 0.25) is 0 Å². The molecule has 27 heavy (non-hydrogen) atoms. The van der Waals surface area contributed by atoms with Gasteiger partial charge in [-0.1, -0.05) is 49.4 Å². The second-order valence-corrected chi connectivity index (χ2v) is 7.86. The quantitative estimate of drug-likeness (QED) is 0.408. The Kier molecular flexibility index (Phi) is 6.02. The lowest BCUT2D eigenvalue weighted by Gasteiger charge is -2.18. The second kappa shape index (κ2) is 8.28. The summed E-state index contributed by atoms with van der Waals surface area (Å²) in [4.78, 5) is 12.8. The van der Waals surface area contributed by atoms with Crippen molar-refractivity contribution in [2.45, 2.75) is 20.3 Å². The van der Waals surface area contributed by atoms with Gasteiger partial charge in [-0.05, 0) is 79.6 Å². The fourth-order valence-electron chi connectivity index (χ4n) is 3.04. The number of benzene rings is 3. The van der Waals surface area contributed by atoms with Crippen LogP contribution in [0.3, 0.4) is 0 Å². The van der Waals surface area contributed by atoms with E-state index in [1.165, 1.54) is 0 Å². The van der Waals surface area contributed by atoms with Gasteiger partial charge in [-0.15, -0.1) is 0 Å². The molecule has 0 aliphatic heterocycles. The zero-order chi connectivity index (χ0) is 19.6. The van der Waals surface area contributed by atoms with Crippen LogP contribution in [0, 0.1) is 6.92 Å². The predicted octanol–water partition coefficient (Wildman–Crippen LogP) is 6.58. The van der Waals surface area contributed by atoms with Crippen molar-refractivity contribution in [3.05, 3.63) is 80.2 Å². The summed E-state index contributed by atoms with van der Waals surface area (Å²) in [6.45, 7) is 3.98. The molecule has 0 atom stereocenters. The van der Waals surface area contributed by atoms with Crippen molar-refractivity contribution in [2.75, 3.05) is 11.1 Å². The van der Waals surface area contributed by atoms with Gasteiger partial charge in [0, 0.05) is 20.2 Å². The third-order valence-electron chi connectivity index (χ3n) is 4.59. The molecular formula is C22H20Br2N2O. The highest BCUT2D eigenvalue weighted by atomic mass is 79.9. The van der Waals surface area contributed by atoms with Crippen LogP contribution in [0.5, 0.6) is 0 Å². The lowest BCUT2D eigenvalue weighted by molar-refractivity contribution is 0.102. The van der Waals surface area contributed by atoms with Gasteiger partial charge in [-0.3, -0.25) is 4.79 Å². The smallest absolute Gasteiger partial charge is 0.255 e. The number of carbonyl (C=O) groups excluding carboxylic acids is 1. The minimum Gasteiger partial charge on any atom is -0.397 e. The highest BCUT2D eigenvalue weighted by Gasteiger charge is 2.19. The van der Waals surface area contributed by atoms with Gasteiger partial charge in [0.05, 0.1) is 5.69 Å². The van der Waals surface area contributed by atoms with E-state index < -0.39 is 0 Å². The molecule has 3 nitrogen and oxygen atoms in total. The number of amides is 1. The van der Waals surface area contributed by atoms with E-state index in [2.05, 4.69) is 49.3 Å². The molecule has 0 spiro atoms. The predicted molar refractivity (Wildman–Crippen MR) is 120 cm³/mol. The summed E-state index contributed by atoms with van der Waals surface area (Å²) in [5.74, 6) is -0.143. The normalized spacial score (nSPS) is 10.7. The first-order chi connectivity index (χ1) is 12.9. The molecule has 0 radical (unpaired) electrons. The zero-order valence-electron chi connectivity index (χ0n) is 15.1. The lowest BCUT2D eigenvalue weighted by atomic mass is 10.0. The first-order valence-electron chi connectivity index (χ1n) is 8.66. The highest BCUT2D eigenvalue weighted by Crippen LogP contribution is 2.40. The van der Waals surface area contributed by atoms with Crippen LogP contribution in [0.15, 0.2) is 63.5 Å². The summed E-state index contributed by atoms with van der Waals surface area (Å²) in [5.41, 5.74) is 12.3. The van der Waals surface area contributed by atoms with Crippen molar-refractivity contribution in [1.29, 1.82) is 0 Å². The Morgan fingerprint density at radius 1 is 0.963 bits per heavy atom. The fourth-order valence-corrected chi connectivity index (χ4v) is 4.38. The van der Waals surface area contributed by atoms with Crippen molar-refractivity contribution in [3.8, 4) is 11.1 Å². The van der Waals surface area contributed by atoms with Gasteiger partial charge < -0.3 is 11.1 Å². The van der Waals surface area contributed by atoms with E-state index >= 15 is 0 Å². The molecule has 0 bridgehead atoms. The van der Waals surface area contributed by atoms with Crippen LogP contribution in [-0.2, 0) is 6.42 Å². The maximum Gasteiger partial charge on any atom is 0.255 e. The SMILES string of the molecule is CCc1c(Br)c(N)c(Br)c(C)c1NC(=O)c1ccc(-c2ccccc2)cc1. The zero-order valence-corrected chi connectivity index (χ0v) is 18.3. The molecule has 3 rings (SSSR count). The van der Waals surface area contributed by atoms with Gasteiger partial charge in [0.25, 0.3) is 5.91 Å². The van der Waals surface area contributed by atoms with Crippen LogP contribution in [0.1, 0.15) is 28.4 Å². The number of hydrogen-bond donors (Lipinski definition) is 2. The monoisotopic (exact) mass is 486 g/mol. The number of anilines is 2. The topological polar surface area (TPSA) is 55.1 Å². The molecule has 1 amide bonds. The third kappa shape index (κ3) is 3.94. The molecular weight excluding hydrogens is 468 g/mol. The second-order valence-electron chi connectivity index (χ2n) is 6.27. The summed E-state index contributed by atoms with van der Waals surface area (Å²) in [6.07, 6.45) is 0.751. The first kappa shape index (κ1) is 19.6. The van der Waals surface area contributed by atoms with Gasteiger partial charge in [0.1, 0.15) is 0 Å². The van der Waals surface area contributed by atoms with Crippen LogP contribution < -0.4 is 11.1 Å². The van der Waals surface area contributed by atoms with Crippen LogP contribution >= 0.6 is 31.9 Å². The number of carbonyl (C=O) groups is 1. The fraction of sp³-hybridized carbons (Fsp3) is 0.136. The number of halogens is 2. The van der Waals surface area contributed by atoms with E-state index in [-0.39, 0.29) is 5.91 Å². The van der Waals surface area contributed by atoms with E-state index in [4.69, 9.17) is 5.73 Å². The minimum atomic E-state index is -0.143. The standard InChI is InChI=1S/C22H20Br2N2O/c1-3-17-19(24)20(25)18(23)13(2)21(17)26-22(27)16-11-9-15(10-12-16)14-7-5-4-6-8-14/h4-12H,3,25H2,1-2H3,(H,26,27). The Balaban J connectivity index is 1.90. The molecule has 138 valence electrons. The first-order valence-corrected chi connectivity index (χ1v) is 10.2. The largest absolute Gasteiger partial charge is 0.397 e. The maximum absolute atomic E-state index is 12.8. The van der Waals surface area contributed by atoms with Gasteiger partial charge in [-0.25, -0.2) is 0 Å². The number of nitrogens with one attached hydrogen (secondary N) is 1. The highest BCUT2D eigenvalue weighted by molar-refractivity contribution is 9.11. The number of nitrogen functional groups attached to an aromatic ring is 1. The molecule has 0 fully saturated rings. The van der Waals surface area contributed by atoms with Crippen molar-refractivity contribution in [2.24, 2.45) is 0 Å². The molecule has 0 saturated carbocycles. The van der Waals surface area contributed by atoms with Crippen LogP contribution in [-0.4, -0.2) is 5.91 Å². The summed E-state index contributed by atoms with van der Waals surface area (Å²) in [6, 6.07) is 17.7. The minimum absolute atomic E-state index is 0.143. The Bertz CT molecular complexity index is 984. The molecule has 5 heteroatoms. The molecule has 0 aliphatic rings. The van der Waals surface area contributed by atoms with Crippen molar-refractivity contribution in [1.82, 2.24) is 0 Å². The average molecular weight is 488 g/mol. The Morgan fingerprint density at radius 3 is 2.15 bits per heavy atom. The average Bonchev–Trinajstić information content (AvgIpc) is 2.71.